The number of rotatable bonds is 4. The van der Waals surface area contributed by atoms with E-state index in [-0.39, 0.29) is 0 Å². The zero-order valence-electron chi connectivity index (χ0n) is 11.9. The van der Waals surface area contributed by atoms with Crippen LogP contribution in [0.2, 0.25) is 0 Å². The number of likely N-dealkylation sites (tertiary alicyclic amines) is 1. The van der Waals surface area contributed by atoms with E-state index in [1.165, 1.54) is 5.56 Å². The summed E-state index contributed by atoms with van der Waals surface area (Å²) in [5, 5.41) is 0. The van der Waals surface area contributed by atoms with Crippen LogP contribution in [0.15, 0.2) is 24.3 Å². The van der Waals surface area contributed by atoms with E-state index in [0.717, 1.165) is 38.1 Å². The third-order valence-corrected chi connectivity index (χ3v) is 3.80. The number of carbonyl (C=O) groups is 1. The Morgan fingerprint density at radius 3 is 3.05 bits per heavy atom. The Kier molecular flexibility index (Phi) is 4.83. The zero-order valence-corrected chi connectivity index (χ0v) is 11.9. The number of nitrogens with zero attached hydrogens (tertiary/aromatic N) is 1. The molecule has 1 aromatic rings. The SMILES string of the molecule is CCCC(=O)N1CCC[C@H](c2cccc(OC)c2)C1. The monoisotopic (exact) mass is 261 g/mol. The molecule has 104 valence electrons. The molecule has 2 rings (SSSR count). The average molecular weight is 261 g/mol. The molecule has 0 aromatic heterocycles. The van der Waals surface area contributed by atoms with Gasteiger partial charge in [-0.05, 0) is 37.0 Å². The topological polar surface area (TPSA) is 29.5 Å². The molecule has 0 bridgehead atoms. The van der Waals surface area contributed by atoms with Gasteiger partial charge in [-0.15, -0.1) is 0 Å². The molecule has 1 aromatic carbocycles. The van der Waals surface area contributed by atoms with Crippen LogP contribution in [-0.4, -0.2) is 31.0 Å². The molecule has 0 radical (unpaired) electrons. The molecular formula is C16H23NO2. The Balaban J connectivity index is 2.05. The Hall–Kier alpha value is -1.51. The lowest BCUT2D eigenvalue weighted by Crippen LogP contribution is -2.38. The van der Waals surface area contributed by atoms with Gasteiger partial charge in [0.15, 0.2) is 0 Å². The highest BCUT2D eigenvalue weighted by Gasteiger charge is 2.24. The van der Waals surface area contributed by atoms with Gasteiger partial charge in [-0.25, -0.2) is 0 Å². The zero-order chi connectivity index (χ0) is 13.7. The number of piperidine rings is 1. The lowest BCUT2D eigenvalue weighted by Gasteiger charge is -2.33. The van der Waals surface area contributed by atoms with Crippen molar-refractivity contribution >= 4 is 5.91 Å². The van der Waals surface area contributed by atoms with Crippen LogP contribution in [0.5, 0.6) is 5.75 Å². The normalized spacial score (nSPS) is 19.3. The Bertz CT molecular complexity index is 431. The quantitative estimate of drug-likeness (QED) is 0.833. The first-order valence-electron chi connectivity index (χ1n) is 7.16. The van der Waals surface area contributed by atoms with E-state index < -0.39 is 0 Å². The minimum Gasteiger partial charge on any atom is -0.497 e. The van der Waals surface area contributed by atoms with Gasteiger partial charge >= 0.3 is 0 Å². The molecule has 0 spiro atoms. The van der Waals surface area contributed by atoms with Crippen LogP contribution < -0.4 is 4.74 Å². The van der Waals surface area contributed by atoms with Gasteiger partial charge in [0.05, 0.1) is 7.11 Å². The van der Waals surface area contributed by atoms with E-state index in [1.807, 2.05) is 17.0 Å². The summed E-state index contributed by atoms with van der Waals surface area (Å²) < 4.78 is 5.28. The maximum absolute atomic E-state index is 12.0. The Labute approximate surface area is 115 Å². The maximum atomic E-state index is 12.0. The molecule has 0 aliphatic carbocycles. The molecule has 1 heterocycles. The first kappa shape index (κ1) is 13.9. The van der Waals surface area contributed by atoms with Crippen LogP contribution in [0, 0.1) is 0 Å². The fraction of sp³-hybridized carbons (Fsp3) is 0.562. The second kappa shape index (κ2) is 6.60. The smallest absolute Gasteiger partial charge is 0.222 e. The molecule has 0 N–H and O–H groups in total. The van der Waals surface area contributed by atoms with Crippen LogP contribution in [0.25, 0.3) is 0 Å². The van der Waals surface area contributed by atoms with Crippen molar-refractivity contribution < 1.29 is 9.53 Å². The first-order valence-corrected chi connectivity index (χ1v) is 7.16. The number of hydrogen-bond acceptors (Lipinski definition) is 2. The van der Waals surface area contributed by atoms with Crippen LogP contribution in [0.1, 0.15) is 44.1 Å². The summed E-state index contributed by atoms with van der Waals surface area (Å²) in [5.41, 5.74) is 1.29. The minimum atomic E-state index is 0.301. The standard InChI is InChI=1S/C16H23NO2/c1-3-6-16(18)17-10-5-8-14(12-17)13-7-4-9-15(11-13)19-2/h4,7,9,11,14H,3,5-6,8,10,12H2,1-2H3/t14-/m0/s1. The summed E-state index contributed by atoms with van der Waals surface area (Å²) in [5.74, 6) is 1.65. The van der Waals surface area contributed by atoms with Gasteiger partial charge in [0.2, 0.25) is 5.91 Å². The van der Waals surface area contributed by atoms with E-state index in [1.54, 1.807) is 7.11 Å². The molecule has 1 aliphatic rings. The molecule has 1 fully saturated rings. The summed E-state index contributed by atoms with van der Waals surface area (Å²) in [7, 11) is 1.69. The van der Waals surface area contributed by atoms with Crippen LogP contribution in [0.4, 0.5) is 0 Å². The fourth-order valence-corrected chi connectivity index (χ4v) is 2.74. The maximum Gasteiger partial charge on any atom is 0.222 e. The fourth-order valence-electron chi connectivity index (χ4n) is 2.74. The summed E-state index contributed by atoms with van der Waals surface area (Å²) in [6, 6.07) is 8.23. The van der Waals surface area contributed by atoms with Crippen molar-refractivity contribution in [2.75, 3.05) is 20.2 Å². The van der Waals surface area contributed by atoms with Gasteiger partial charge in [0.1, 0.15) is 5.75 Å². The summed E-state index contributed by atoms with van der Waals surface area (Å²) in [6.07, 6.45) is 3.85. The van der Waals surface area contributed by atoms with E-state index in [4.69, 9.17) is 4.74 Å². The highest BCUT2D eigenvalue weighted by atomic mass is 16.5. The summed E-state index contributed by atoms with van der Waals surface area (Å²) >= 11 is 0. The number of carbonyl (C=O) groups excluding carboxylic acids is 1. The van der Waals surface area contributed by atoms with Crippen molar-refractivity contribution in [1.29, 1.82) is 0 Å². The molecular weight excluding hydrogens is 238 g/mol. The summed E-state index contributed by atoms with van der Waals surface area (Å²) in [4.78, 5) is 14.0. The predicted octanol–water partition coefficient (Wildman–Crippen LogP) is 3.20. The van der Waals surface area contributed by atoms with Gasteiger partial charge in [-0.2, -0.15) is 0 Å². The predicted molar refractivity (Wildman–Crippen MR) is 76.5 cm³/mol. The number of benzene rings is 1. The van der Waals surface area contributed by atoms with Crippen molar-refractivity contribution in [3.05, 3.63) is 29.8 Å². The molecule has 3 heteroatoms. The molecule has 1 atom stereocenters. The van der Waals surface area contributed by atoms with Crippen LogP contribution in [0.3, 0.4) is 0 Å². The largest absolute Gasteiger partial charge is 0.497 e. The molecule has 1 aliphatic heterocycles. The van der Waals surface area contributed by atoms with E-state index in [2.05, 4.69) is 19.1 Å². The highest BCUT2D eigenvalue weighted by Crippen LogP contribution is 2.29. The number of ether oxygens (including phenoxy) is 1. The van der Waals surface area contributed by atoms with Crippen molar-refractivity contribution in [3.63, 3.8) is 0 Å². The third kappa shape index (κ3) is 3.49. The van der Waals surface area contributed by atoms with Gasteiger partial charge in [0.25, 0.3) is 0 Å². The average Bonchev–Trinajstić information content (AvgIpc) is 2.48. The van der Waals surface area contributed by atoms with E-state index >= 15 is 0 Å². The lowest BCUT2D eigenvalue weighted by molar-refractivity contribution is -0.132. The van der Waals surface area contributed by atoms with Crippen molar-refractivity contribution in [1.82, 2.24) is 4.90 Å². The minimum absolute atomic E-state index is 0.301. The molecule has 19 heavy (non-hydrogen) atoms. The van der Waals surface area contributed by atoms with Crippen molar-refractivity contribution in [2.45, 2.75) is 38.5 Å². The second-order valence-electron chi connectivity index (χ2n) is 5.21. The van der Waals surface area contributed by atoms with Crippen LogP contribution in [-0.2, 0) is 4.79 Å². The van der Waals surface area contributed by atoms with Crippen molar-refractivity contribution in [3.8, 4) is 5.75 Å². The Morgan fingerprint density at radius 1 is 1.47 bits per heavy atom. The summed E-state index contributed by atoms with van der Waals surface area (Å²) in [6.45, 7) is 3.83. The third-order valence-electron chi connectivity index (χ3n) is 3.80. The highest BCUT2D eigenvalue weighted by molar-refractivity contribution is 5.76. The second-order valence-corrected chi connectivity index (χ2v) is 5.21. The van der Waals surface area contributed by atoms with E-state index in [0.29, 0.717) is 18.2 Å². The van der Waals surface area contributed by atoms with Gasteiger partial charge in [-0.3, -0.25) is 4.79 Å². The van der Waals surface area contributed by atoms with Gasteiger partial charge < -0.3 is 9.64 Å². The number of hydrogen-bond donors (Lipinski definition) is 0. The Morgan fingerprint density at radius 2 is 2.32 bits per heavy atom. The van der Waals surface area contributed by atoms with E-state index in [9.17, 15) is 4.79 Å². The van der Waals surface area contributed by atoms with Crippen molar-refractivity contribution in [2.24, 2.45) is 0 Å². The number of methoxy groups -OCH3 is 1. The molecule has 0 unspecified atom stereocenters. The number of amides is 1. The molecule has 1 amide bonds. The molecule has 0 saturated carbocycles. The lowest BCUT2D eigenvalue weighted by atomic mass is 9.90. The van der Waals surface area contributed by atoms with Gasteiger partial charge in [-0.1, -0.05) is 19.1 Å². The van der Waals surface area contributed by atoms with Gasteiger partial charge in [0, 0.05) is 25.4 Å². The first-order chi connectivity index (χ1) is 9.24. The van der Waals surface area contributed by atoms with Crippen LogP contribution >= 0.6 is 0 Å². The molecule has 3 nitrogen and oxygen atoms in total. The molecule has 1 saturated heterocycles.